The van der Waals surface area contributed by atoms with E-state index in [-0.39, 0.29) is 5.56 Å². The summed E-state index contributed by atoms with van der Waals surface area (Å²) in [6.07, 6.45) is 1.35. The van der Waals surface area contributed by atoms with Gasteiger partial charge < -0.3 is 9.84 Å². The first-order valence-corrected chi connectivity index (χ1v) is 6.74. The van der Waals surface area contributed by atoms with Crippen LogP contribution in [0.5, 0.6) is 11.5 Å². The van der Waals surface area contributed by atoms with E-state index in [1.165, 1.54) is 12.3 Å². The number of nitro benzene ring substituents is 1. The van der Waals surface area contributed by atoms with Crippen molar-refractivity contribution in [3.05, 3.63) is 57.6 Å². The Hall–Kier alpha value is -2.89. The maximum atomic E-state index is 12.0. The largest absolute Gasteiger partial charge is 0.867 e. The molecule has 0 bridgehead atoms. The minimum absolute atomic E-state index is 0.195. The van der Waals surface area contributed by atoms with E-state index in [4.69, 9.17) is 4.74 Å². The summed E-state index contributed by atoms with van der Waals surface area (Å²) in [6, 6.07) is 9.87. The Labute approximate surface area is 127 Å². The van der Waals surface area contributed by atoms with Crippen LogP contribution in [0.2, 0.25) is 0 Å². The summed E-state index contributed by atoms with van der Waals surface area (Å²) in [5.74, 6) is 0.0995. The van der Waals surface area contributed by atoms with Gasteiger partial charge in [-0.1, -0.05) is 6.07 Å². The van der Waals surface area contributed by atoms with Crippen LogP contribution in [-0.2, 0) is 0 Å². The molecule has 6 heteroatoms. The van der Waals surface area contributed by atoms with Crippen LogP contribution >= 0.6 is 0 Å². The molecule has 0 N–H and O–H groups in total. The number of benzene rings is 2. The van der Waals surface area contributed by atoms with Crippen LogP contribution in [-0.4, -0.2) is 17.7 Å². The quantitative estimate of drug-likeness (QED) is 0.482. The van der Waals surface area contributed by atoms with E-state index in [1.54, 1.807) is 37.3 Å². The van der Waals surface area contributed by atoms with Gasteiger partial charge in [0, 0.05) is 12.3 Å². The first-order chi connectivity index (χ1) is 10.5. The predicted molar refractivity (Wildman–Crippen MR) is 82.1 cm³/mol. The number of hydrogen-bond donors (Lipinski definition) is 0. The summed E-state index contributed by atoms with van der Waals surface area (Å²) in [7, 11) is 0. The zero-order chi connectivity index (χ0) is 16.1. The van der Waals surface area contributed by atoms with Crippen molar-refractivity contribution in [1.29, 1.82) is 0 Å². The van der Waals surface area contributed by atoms with E-state index in [0.29, 0.717) is 17.9 Å². The number of aliphatic imine (C=N–C) groups is 1. The fraction of sp³-hybridized carbons (Fsp3) is 0.188. The van der Waals surface area contributed by atoms with E-state index in [0.717, 1.165) is 5.75 Å². The van der Waals surface area contributed by atoms with Gasteiger partial charge in [-0.2, -0.15) is 0 Å². The second-order valence-corrected chi connectivity index (χ2v) is 4.64. The van der Waals surface area contributed by atoms with E-state index >= 15 is 0 Å². The first kappa shape index (κ1) is 15.5. The molecule has 2 aromatic rings. The molecule has 114 valence electrons. The molecule has 0 spiro atoms. The second-order valence-electron chi connectivity index (χ2n) is 4.64. The van der Waals surface area contributed by atoms with E-state index in [9.17, 15) is 15.2 Å². The topological polar surface area (TPSA) is 87.8 Å². The minimum atomic E-state index is -0.677. The average molecular weight is 299 g/mol. The van der Waals surface area contributed by atoms with Crippen molar-refractivity contribution in [1.82, 2.24) is 0 Å². The zero-order valence-corrected chi connectivity index (χ0v) is 12.3. The van der Waals surface area contributed by atoms with Crippen LogP contribution in [0.3, 0.4) is 0 Å². The van der Waals surface area contributed by atoms with Gasteiger partial charge in [-0.05, 0) is 55.0 Å². The van der Waals surface area contributed by atoms with Gasteiger partial charge in [0.25, 0.3) is 5.69 Å². The molecule has 0 aromatic heterocycles. The van der Waals surface area contributed by atoms with Crippen LogP contribution < -0.4 is 9.84 Å². The lowest BCUT2D eigenvalue weighted by Crippen LogP contribution is -2.02. The lowest BCUT2D eigenvalue weighted by molar-refractivity contribution is -0.398. The highest BCUT2D eigenvalue weighted by Crippen LogP contribution is 2.28. The van der Waals surface area contributed by atoms with E-state index in [1.807, 2.05) is 6.92 Å². The van der Waals surface area contributed by atoms with Gasteiger partial charge in [0.15, 0.2) is 0 Å². The van der Waals surface area contributed by atoms with Crippen LogP contribution in [0.4, 0.5) is 11.4 Å². The molecule has 0 atom stereocenters. The van der Waals surface area contributed by atoms with E-state index in [2.05, 4.69) is 4.99 Å². The first-order valence-electron chi connectivity index (χ1n) is 6.74. The molecule has 0 aliphatic heterocycles. The summed E-state index contributed by atoms with van der Waals surface area (Å²) in [5.41, 5.74) is 1.03. The van der Waals surface area contributed by atoms with Gasteiger partial charge in [-0.15, -0.1) is 0 Å². The number of rotatable bonds is 5. The van der Waals surface area contributed by atoms with Gasteiger partial charge in [-0.25, -0.2) is 0 Å². The Kier molecular flexibility index (Phi) is 4.73. The van der Waals surface area contributed by atoms with Crippen molar-refractivity contribution in [3.8, 4) is 11.5 Å². The summed E-state index contributed by atoms with van der Waals surface area (Å²) < 4.78 is 5.32. The van der Waals surface area contributed by atoms with Gasteiger partial charge in [0.1, 0.15) is 5.75 Å². The van der Waals surface area contributed by atoms with Crippen LogP contribution in [0, 0.1) is 17.0 Å². The van der Waals surface area contributed by atoms with Crippen molar-refractivity contribution in [2.75, 3.05) is 6.61 Å². The third-order valence-electron chi connectivity index (χ3n) is 2.94. The normalized spacial score (nSPS) is 10.8. The molecule has 0 amide bonds. The minimum Gasteiger partial charge on any atom is -0.867 e. The lowest BCUT2D eigenvalue weighted by atomic mass is 10.1. The van der Waals surface area contributed by atoms with Crippen LogP contribution in [0.15, 0.2) is 41.4 Å². The number of nitrogens with zero attached hydrogens (tertiary/aromatic N) is 2. The summed E-state index contributed by atoms with van der Waals surface area (Å²) >= 11 is 0. The van der Waals surface area contributed by atoms with Crippen molar-refractivity contribution in [2.45, 2.75) is 13.8 Å². The van der Waals surface area contributed by atoms with Crippen molar-refractivity contribution in [2.24, 2.45) is 4.99 Å². The van der Waals surface area contributed by atoms with Gasteiger partial charge in [0.05, 0.1) is 17.2 Å². The molecular weight excluding hydrogens is 284 g/mol. The van der Waals surface area contributed by atoms with Gasteiger partial charge in [0.2, 0.25) is 0 Å². The third kappa shape index (κ3) is 3.60. The molecule has 0 aliphatic rings. The standard InChI is InChI=1S/C16H16N2O4/c1-3-22-14-6-4-13(5-7-14)17-10-12-8-11(2)9-15(16(12)19)18(20)21/h4-10,19H,3H2,1-2H3/p-1. The summed E-state index contributed by atoms with van der Waals surface area (Å²) in [5, 5.41) is 22.8. The fourth-order valence-electron chi connectivity index (χ4n) is 1.95. The number of aryl methyl sites for hydroxylation is 1. The highest BCUT2D eigenvalue weighted by Gasteiger charge is 2.10. The maximum Gasteiger partial charge on any atom is 0.262 e. The molecule has 0 saturated heterocycles. The van der Waals surface area contributed by atoms with Crippen LogP contribution in [0.25, 0.3) is 0 Å². The van der Waals surface area contributed by atoms with Crippen LogP contribution in [0.1, 0.15) is 18.1 Å². The fourth-order valence-corrected chi connectivity index (χ4v) is 1.95. The van der Waals surface area contributed by atoms with E-state index < -0.39 is 16.4 Å². The lowest BCUT2D eigenvalue weighted by Gasteiger charge is -2.11. The number of hydrogen-bond acceptors (Lipinski definition) is 5. The Balaban J connectivity index is 2.28. The second kappa shape index (κ2) is 6.71. The molecule has 2 aromatic carbocycles. The smallest absolute Gasteiger partial charge is 0.262 e. The number of nitro groups is 1. The summed E-state index contributed by atoms with van der Waals surface area (Å²) in [4.78, 5) is 14.3. The molecule has 0 heterocycles. The maximum absolute atomic E-state index is 12.0. The van der Waals surface area contributed by atoms with Crippen molar-refractivity contribution >= 4 is 17.6 Å². The molecule has 0 saturated carbocycles. The predicted octanol–water partition coefficient (Wildman–Crippen LogP) is 3.13. The monoisotopic (exact) mass is 299 g/mol. The van der Waals surface area contributed by atoms with Crippen molar-refractivity contribution in [3.63, 3.8) is 0 Å². The number of ether oxygens (including phenoxy) is 1. The molecule has 22 heavy (non-hydrogen) atoms. The van der Waals surface area contributed by atoms with Gasteiger partial charge in [-0.3, -0.25) is 15.1 Å². The summed E-state index contributed by atoms with van der Waals surface area (Å²) in [6.45, 7) is 4.17. The molecule has 0 fully saturated rings. The Morgan fingerprint density at radius 1 is 1.27 bits per heavy atom. The Morgan fingerprint density at radius 2 is 1.95 bits per heavy atom. The average Bonchev–Trinajstić information content (AvgIpc) is 2.49. The zero-order valence-electron chi connectivity index (χ0n) is 12.3. The highest BCUT2D eigenvalue weighted by molar-refractivity contribution is 5.87. The molecule has 0 aliphatic carbocycles. The highest BCUT2D eigenvalue weighted by atomic mass is 16.6. The van der Waals surface area contributed by atoms with Gasteiger partial charge >= 0.3 is 0 Å². The molecular formula is C16H15N2O4-. The third-order valence-corrected chi connectivity index (χ3v) is 2.94. The Bertz CT molecular complexity index is 709. The molecule has 2 rings (SSSR count). The molecule has 0 radical (unpaired) electrons. The Morgan fingerprint density at radius 3 is 2.55 bits per heavy atom. The van der Waals surface area contributed by atoms with Crippen molar-refractivity contribution < 1.29 is 14.8 Å². The SMILES string of the molecule is CCOc1ccc(N=Cc2cc(C)cc([N+](=O)[O-])c2[O-])cc1. The molecule has 6 nitrogen and oxygen atoms in total. The molecule has 0 unspecified atom stereocenters.